The molecule has 0 atom stereocenters. The van der Waals surface area contributed by atoms with Crippen molar-refractivity contribution in [2.24, 2.45) is 0 Å². The first kappa shape index (κ1) is 9.54. The molecule has 0 aromatic heterocycles. The van der Waals surface area contributed by atoms with Crippen LogP contribution < -0.4 is 0 Å². The molecule has 0 radical (unpaired) electrons. The summed E-state index contributed by atoms with van der Waals surface area (Å²) >= 11 is 11.0. The van der Waals surface area contributed by atoms with Crippen LogP contribution in [-0.2, 0) is 4.74 Å². The molecule has 0 aliphatic carbocycles. The molecular formula is C6H12Cl2O. The lowest BCUT2D eigenvalue weighted by atomic mass is 10.2. The smallest absolute Gasteiger partial charge is 0.0594 e. The van der Waals surface area contributed by atoms with E-state index < -0.39 is 0 Å². The van der Waals surface area contributed by atoms with Gasteiger partial charge in [0.1, 0.15) is 0 Å². The van der Waals surface area contributed by atoms with Gasteiger partial charge in [0.2, 0.25) is 0 Å². The van der Waals surface area contributed by atoms with Crippen molar-refractivity contribution >= 4 is 23.2 Å². The van der Waals surface area contributed by atoms with Gasteiger partial charge in [0, 0.05) is 18.9 Å². The molecule has 3 heteroatoms. The summed E-state index contributed by atoms with van der Waals surface area (Å²) in [5, 5.41) is 0. The van der Waals surface area contributed by atoms with Crippen molar-refractivity contribution in [2.75, 3.05) is 18.9 Å². The zero-order valence-corrected chi connectivity index (χ0v) is 7.08. The molecule has 0 spiro atoms. The predicted octanol–water partition coefficient (Wildman–Crippen LogP) is 2.26. The topological polar surface area (TPSA) is 9.23 Å². The molecule has 0 aliphatic rings. The summed E-state index contributed by atoms with van der Waals surface area (Å²) in [6.07, 6.45) is 2.04. The van der Waals surface area contributed by atoms with Crippen LogP contribution in [0.2, 0.25) is 0 Å². The fourth-order valence-corrected chi connectivity index (χ4v) is 1.11. The highest BCUT2D eigenvalue weighted by atomic mass is 35.5. The Morgan fingerprint density at radius 3 is 1.89 bits per heavy atom. The molecule has 56 valence electrons. The molecule has 9 heavy (non-hydrogen) atoms. The Labute approximate surface area is 66.3 Å². The Bertz CT molecular complexity index is 53.0. The largest absolute Gasteiger partial charge is 0.381 e. The molecule has 0 amide bonds. The first-order valence-corrected chi connectivity index (χ1v) is 4.06. The van der Waals surface area contributed by atoms with Crippen molar-refractivity contribution in [1.29, 1.82) is 0 Å². The lowest BCUT2D eigenvalue weighted by Crippen LogP contribution is -2.11. The Balaban J connectivity index is 3.18. The lowest BCUT2D eigenvalue weighted by molar-refractivity contribution is 0.0978. The minimum Gasteiger partial charge on any atom is -0.381 e. The van der Waals surface area contributed by atoms with Crippen LogP contribution in [0, 0.1) is 0 Å². The minimum absolute atomic E-state index is 0.250. The molecule has 1 nitrogen and oxygen atoms in total. The van der Waals surface area contributed by atoms with Crippen molar-refractivity contribution in [2.45, 2.75) is 18.9 Å². The van der Waals surface area contributed by atoms with Gasteiger partial charge in [-0.2, -0.15) is 0 Å². The van der Waals surface area contributed by atoms with Crippen molar-refractivity contribution in [3.63, 3.8) is 0 Å². The summed E-state index contributed by atoms with van der Waals surface area (Å²) in [5.41, 5.74) is 0. The SMILES string of the molecule is COC(CCCl)CCCl. The van der Waals surface area contributed by atoms with Crippen LogP contribution in [0.5, 0.6) is 0 Å². The van der Waals surface area contributed by atoms with Crippen LogP contribution in [0.15, 0.2) is 0 Å². The van der Waals surface area contributed by atoms with E-state index >= 15 is 0 Å². The minimum atomic E-state index is 0.250. The van der Waals surface area contributed by atoms with Crippen LogP contribution >= 0.6 is 23.2 Å². The Morgan fingerprint density at radius 2 is 1.67 bits per heavy atom. The number of alkyl halides is 2. The van der Waals surface area contributed by atoms with Crippen molar-refractivity contribution < 1.29 is 4.74 Å². The third-order valence-electron chi connectivity index (χ3n) is 1.20. The molecule has 0 aromatic carbocycles. The molecule has 0 saturated heterocycles. The summed E-state index contributed by atoms with van der Waals surface area (Å²) in [7, 11) is 1.68. The molecule has 0 bridgehead atoms. The van der Waals surface area contributed by atoms with Crippen LogP contribution in [0.3, 0.4) is 0 Å². The van der Waals surface area contributed by atoms with E-state index in [2.05, 4.69) is 0 Å². The molecule has 0 saturated carbocycles. The van der Waals surface area contributed by atoms with Crippen LogP contribution in [0.1, 0.15) is 12.8 Å². The Hall–Kier alpha value is 0.540. The predicted molar refractivity (Wildman–Crippen MR) is 41.5 cm³/mol. The first-order chi connectivity index (χ1) is 4.35. The van der Waals surface area contributed by atoms with Gasteiger partial charge in [0.15, 0.2) is 0 Å². The maximum atomic E-state index is 5.49. The first-order valence-electron chi connectivity index (χ1n) is 2.99. The monoisotopic (exact) mass is 170 g/mol. The van der Waals surface area contributed by atoms with Crippen LogP contribution in [-0.4, -0.2) is 25.0 Å². The van der Waals surface area contributed by atoms with E-state index in [1.807, 2.05) is 0 Å². The number of ether oxygens (including phenoxy) is 1. The number of hydrogen-bond donors (Lipinski definition) is 0. The Morgan fingerprint density at radius 1 is 1.22 bits per heavy atom. The molecule has 0 unspecified atom stereocenters. The molecule has 0 aliphatic heterocycles. The molecule has 0 N–H and O–H groups in total. The van der Waals surface area contributed by atoms with Crippen LogP contribution in [0.25, 0.3) is 0 Å². The summed E-state index contributed by atoms with van der Waals surface area (Å²) in [6.45, 7) is 0. The average Bonchev–Trinajstić information content (AvgIpc) is 1.88. The van der Waals surface area contributed by atoms with Gasteiger partial charge in [-0.1, -0.05) is 0 Å². The normalized spacial score (nSPS) is 10.7. The van der Waals surface area contributed by atoms with Gasteiger partial charge in [0.25, 0.3) is 0 Å². The summed E-state index contributed by atoms with van der Waals surface area (Å²) in [5.74, 6) is 1.30. The number of halogens is 2. The number of rotatable bonds is 5. The molecular weight excluding hydrogens is 159 g/mol. The third-order valence-corrected chi connectivity index (χ3v) is 1.63. The highest BCUT2D eigenvalue weighted by Gasteiger charge is 2.03. The van der Waals surface area contributed by atoms with Crippen molar-refractivity contribution in [1.82, 2.24) is 0 Å². The molecule has 0 heterocycles. The van der Waals surface area contributed by atoms with E-state index in [4.69, 9.17) is 27.9 Å². The quantitative estimate of drug-likeness (QED) is 0.576. The second kappa shape index (κ2) is 6.66. The van der Waals surface area contributed by atoms with E-state index in [9.17, 15) is 0 Å². The highest BCUT2D eigenvalue weighted by molar-refractivity contribution is 6.18. The maximum Gasteiger partial charge on any atom is 0.0594 e. The van der Waals surface area contributed by atoms with Gasteiger partial charge >= 0.3 is 0 Å². The fourth-order valence-electron chi connectivity index (χ4n) is 0.623. The van der Waals surface area contributed by atoms with Gasteiger partial charge in [-0.05, 0) is 12.8 Å². The third kappa shape index (κ3) is 5.01. The van der Waals surface area contributed by atoms with E-state index in [1.54, 1.807) is 7.11 Å². The van der Waals surface area contributed by atoms with E-state index in [1.165, 1.54) is 0 Å². The number of hydrogen-bond acceptors (Lipinski definition) is 1. The molecule has 0 rings (SSSR count). The standard InChI is InChI=1S/C6H12Cl2O/c1-9-6(2-4-7)3-5-8/h6H,2-5H2,1H3. The van der Waals surface area contributed by atoms with Gasteiger partial charge in [-0.25, -0.2) is 0 Å². The lowest BCUT2D eigenvalue weighted by Gasteiger charge is -2.10. The summed E-state index contributed by atoms with van der Waals surface area (Å²) in [6, 6.07) is 0. The van der Waals surface area contributed by atoms with E-state index in [0.29, 0.717) is 11.8 Å². The summed E-state index contributed by atoms with van der Waals surface area (Å²) < 4.78 is 5.06. The van der Waals surface area contributed by atoms with Gasteiger partial charge < -0.3 is 4.74 Å². The van der Waals surface area contributed by atoms with Gasteiger partial charge in [-0.3, -0.25) is 0 Å². The summed E-state index contributed by atoms with van der Waals surface area (Å²) in [4.78, 5) is 0. The Kier molecular flexibility index (Phi) is 7.06. The second-order valence-electron chi connectivity index (χ2n) is 1.81. The van der Waals surface area contributed by atoms with E-state index in [0.717, 1.165) is 12.8 Å². The fraction of sp³-hybridized carbons (Fsp3) is 1.00. The van der Waals surface area contributed by atoms with E-state index in [-0.39, 0.29) is 6.10 Å². The van der Waals surface area contributed by atoms with Crippen molar-refractivity contribution in [3.05, 3.63) is 0 Å². The highest BCUT2D eigenvalue weighted by Crippen LogP contribution is 2.04. The van der Waals surface area contributed by atoms with Gasteiger partial charge in [0.05, 0.1) is 6.10 Å². The molecule has 0 aromatic rings. The maximum absolute atomic E-state index is 5.49. The average molecular weight is 171 g/mol. The van der Waals surface area contributed by atoms with Crippen LogP contribution in [0.4, 0.5) is 0 Å². The second-order valence-corrected chi connectivity index (χ2v) is 2.57. The zero-order valence-electron chi connectivity index (χ0n) is 5.57. The van der Waals surface area contributed by atoms with Gasteiger partial charge in [-0.15, -0.1) is 23.2 Å². The zero-order chi connectivity index (χ0) is 7.11. The molecule has 0 fully saturated rings. The van der Waals surface area contributed by atoms with Crippen molar-refractivity contribution in [3.8, 4) is 0 Å². The number of methoxy groups -OCH3 is 1.